The van der Waals surface area contributed by atoms with Crippen molar-refractivity contribution < 1.29 is 9.53 Å². The van der Waals surface area contributed by atoms with Crippen LogP contribution >= 0.6 is 0 Å². The lowest BCUT2D eigenvalue weighted by atomic mass is 9.90. The van der Waals surface area contributed by atoms with Gasteiger partial charge < -0.3 is 15.4 Å². The molecule has 4 heteroatoms. The second-order valence-corrected chi connectivity index (χ2v) is 4.41. The molecule has 0 spiro atoms. The van der Waals surface area contributed by atoms with Crippen LogP contribution in [0.25, 0.3) is 0 Å². The number of hydrogen-bond acceptors (Lipinski definition) is 3. The molecule has 0 unspecified atom stereocenters. The molecule has 0 aromatic rings. The Kier molecular flexibility index (Phi) is 5.05. The third-order valence-corrected chi connectivity index (χ3v) is 2.73. The van der Waals surface area contributed by atoms with Gasteiger partial charge in [0.05, 0.1) is 0 Å². The summed E-state index contributed by atoms with van der Waals surface area (Å²) in [5, 5.41) is 6.33. The average molecular weight is 214 g/mol. The Morgan fingerprint density at radius 2 is 2.13 bits per heavy atom. The Labute approximate surface area is 91.8 Å². The van der Waals surface area contributed by atoms with Crippen molar-refractivity contribution in [2.45, 2.75) is 38.6 Å². The van der Waals surface area contributed by atoms with Gasteiger partial charge in [-0.05, 0) is 39.3 Å². The highest BCUT2D eigenvalue weighted by Gasteiger charge is 2.27. The average Bonchev–Trinajstić information content (AvgIpc) is 2.18. The van der Waals surface area contributed by atoms with Crippen molar-refractivity contribution in [3.8, 4) is 0 Å². The van der Waals surface area contributed by atoms with Crippen LogP contribution in [0.1, 0.15) is 33.1 Å². The van der Waals surface area contributed by atoms with Crippen LogP contribution in [0.15, 0.2) is 0 Å². The van der Waals surface area contributed by atoms with E-state index in [2.05, 4.69) is 17.6 Å². The van der Waals surface area contributed by atoms with Gasteiger partial charge in [-0.15, -0.1) is 0 Å². The van der Waals surface area contributed by atoms with E-state index in [0.29, 0.717) is 6.61 Å². The third-order valence-electron chi connectivity index (χ3n) is 2.73. The molecule has 88 valence electrons. The third kappa shape index (κ3) is 4.62. The number of nitrogens with one attached hydrogen (secondary N) is 2. The summed E-state index contributed by atoms with van der Waals surface area (Å²) in [5.74, 6) is 0.00727. The van der Waals surface area contributed by atoms with E-state index in [9.17, 15) is 4.79 Å². The lowest BCUT2D eigenvalue weighted by Crippen LogP contribution is -2.53. The van der Waals surface area contributed by atoms with Crippen molar-refractivity contribution in [2.75, 3.05) is 26.3 Å². The standard InChI is InChI=1S/C11H22N2O2/c1-3-8-15-9-10(14)13-11(2)4-6-12-7-5-11/h12H,3-9H2,1-2H3,(H,13,14). The van der Waals surface area contributed by atoms with Gasteiger partial charge >= 0.3 is 0 Å². The first-order valence-electron chi connectivity index (χ1n) is 5.76. The van der Waals surface area contributed by atoms with Crippen molar-refractivity contribution in [3.05, 3.63) is 0 Å². The van der Waals surface area contributed by atoms with E-state index in [0.717, 1.165) is 32.4 Å². The fourth-order valence-corrected chi connectivity index (χ4v) is 1.79. The fraction of sp³-hybridized carbons (Fsp3) is 0.909. The minimum absolute atomic E-state index is 0.00727. The molecule has 2 N–H and O–H groups in total. The number of carbonyl (C=O) groups is 1. The lowest BCUT2D eigenvalue weighted by molar-refractivity contribution is -0.127. The summed E-state index contributed by atoms with van der Waals surface area (Å²) in [7, 11) is 0. The van der Waals surface area contributed by atoms with Gasteiger partial charge in [-0.25, -0.2) is 0 Å². The van der Waals surface area contributed by atoms with Gasteiger partial charge in [0.2, 0.25) is 5.91 Å². The maximum Gasteiger partial charge on any atom is 0.246 e. The highest BCUT2D eigenvalue weighted by molar-refractivity contribution is 5.78. The van der Waals surface area contributed by atoms with Gasteiger partial charge in [0.25, 0.3) is 0 Å². The molecular formula is C11H22N2O2. The summed E-state index contributed by atoms with van der Waals surface area (Å²) in [6.07, 6.45) is 2.94. The maximum absolute atomic E-state index is 11.5. The normalized spacial score (nSPS) is 19.9. The van der Waals surface area contributed by atoms with Crippen LogP contribution < -0.4 is 10.6 Å². The molecule has 15 heavy (non-hydrogen) atoms. The predicted molar refractivity (Wildman–Crippen MR) is 59.8 cm³/mol. The van der Waals surface area contributed by atoms with E-state index >= 15 is 0 Å². The molecule has 0 radical (unpaired) electrons. The molecule has 4 nitrogen and oxygen atoms in total. The first kappa shape index (κ1) is 12.5. The highest BCUT2D eigenvalue weighted by Crippen LogP contribution is 2.16. The Bertz CT molecular complexity index is 201. The topological polar surface area (TPSA) is 50.4 Å². The molecule has 1 amide bonds. The quantitative estimate of drug-likeness (QED) is 0.661. The summed E-state index contributed by atoms with van der Waals surface area (Å²) in [5.41, 5.74) is -0.0437. The van der Waals surface area contributed by atoms with Crippen LogP contribution in [0.5, 0.6) is 0 Å². The van der Waals surface area contributed by atoms with E-state index in [-0.39, 0.29) is 18.1 Å². The molecule has 0 aromatic heterocycles. The summed E-state index contributed by atoms with van der Waals surface area (Å²) < 4.78 is 5.20. The van der Waals surface area contributed by atoms with Crippen LogP contribution in [0.4, 0.5) is 0 Å². The summed E-state index contributed by atoms with van der Waals surface area (Å²) in [6, 6.07) is 0. The van der Waals surface area contributed by atoms with E-state index in [1.165, 1.54) is 0 Å². The smallest absolute Gasteiger partial charge is 0.246 e. The van der Waals surface area contributed by atoms with Gasteiger partial charge in [-0.3, -0.25) is 4.79 Å². The van der Waals surface area contributed by atoms with Crippen LogP contribution in [0.2, 0.25) is 0 Å². The van der Waals surface area contributed by atoms with Gasteiger partial charge in [-0.2, -0.15) is 0 Å². The van der Waals surface area contributed by atoms with Crippen LogP contribution in [-0.4, -0.2) is 37.7 Å². The number of amides is 1. The van der Waals surface area contributed by atoms with E-state index < -0.39 is 0 Å². The Hall–Kier alpha value is -0.610. The maximum atomic E-state index is 11.5. The number of piperidine rings is 1. The molecule has 1 aliphatic heterocycles. The van der Waals surface area contributed by atoms with Crippen molar-refractivity contribution in [1.29, 1.82) is 0 Å². The Morgan fingerprint density at radius 3 is 2.73 bits per heavy atom. The fourth-order valence-electron chi connectivity index (χ4n) is 1.79. The molecular weight excluding hydrogens is 192 g/mol. The first-order valence-corrected chi connectivity index (χ1v) is 5.76. The molecule has 0 atom stereocenters. The minimum atomic E-state index is -0.0437. The zero-order chi connectivity index (χ0) is 11.1. The zero-order valence-electron chi connectivity index (χ0n) is 9.77. The molecule has 1 fully saturated rings. The minimum Gasteiger partial charge on any atom is -0.372 e. The monoisotopic (exact) mass is 214 g/mol. The van der Waals surface area contributed by atoms with Crippen molar-refractivity contribution in [2.24, 2.45) is 0 Å². The molecule has 0 aromatic carbocycles. The summed E-state index contributed by atoms with van der Waals surface area (Å²) in [4.78, 5) is 11.5. The number of rotatable bonds is 5. The SMILES string of the molecule is CCCOCC(=O)NC1(C)CCNCC1. The molecule has 0 aliphatic carbocycles. The lowest BCUT2D eigenvalue weighted by Gasteiger charge is -2.34. The second kappa shape index (κ2) is 6.08. The first-order chi connectivity index (χ1) is 7.16. The van der Waals surface area contributed by atoms with Crippen LogP contribution in [0, 0.1) is 0 Å². The largest absolute Gasteiger partial charge is 0.372 e. The van der Waals surface area contributed by atoms with Crippen molar-refractivity contribution in [3.63, 3.8) is 0 Å². The predicted octanol–water partition coefficient (Wildman–Crippen LogP) is 0.671. The van der Waals surface area contributed by atoms with Crippen molar-refractivity contribution in [1.82, 2.24) is 10.6 Å². The van der Waals surface area contributed by atoms with Gasteiger partial charge in [0, 0.05) is 12.1 Å². The van der Waals surface area contributed by atoms with Crippen LogP contribution in [-0.2, 0) is 9.53 Å². The summed E-state index contributed by atoms with van der Waals surface area (Å²) in [6.45, 7) is 6.94. The second-order valence-electron chi connectivity index (χ2n) is 4.41. The highest BCUT2D eigenvalue weighted by atomic mass is 16.5. The van der Waals surface area contributed by atoms with E-state index in [4.69, 9.17) is 4.74 Å². The number of carbonyl (C=O) groups excluding carboxylic acids is 1. The number of ether oxygens (including phenoxy) is 1. The van der Waals surface area contributed by atoms with E-state index in [1.807, 2.05) is 6.92 Å². The van der Waals surface area contributed by atoms with E-state index in [1.54, 1.807) is 0 Å². The molecule has 1 heterocycles. The molecule has 0 bridgehead atoms. The van der Waals surface area contributed by atoms with Crippen LogP contribution in [0.3, 0.4) is 0 Å². The summed E-state index contributed by atoms with van der Waals surface area (Å²) >= 11 is 0. The molecule has 1 aliphatic rings. The Morgan fingerprint density at radius 1 is 1.47 bits per heavy atom. The zero-order valence-corrected chi connectivity index (χ0v) is 9.77. The van der Waals surface area contributed by atoms with Gasteiger partial charge in [0.1, 0.15) is 6.61 Å². The van der Waals surface area contributed by atoms with Gasteiger partial charge in [-0.1, -0.05) is 6.92 Å². The molecule has 1 rings (SSSR count). The van der Waals surface area contributed by atoms with Crippen molar-refractivity contribution >= 4 is 5.91 Å². The molecule has 0 saturated carbocycles. The molecule has 1 saturated heterocycles. The Balaban J connectivity index is 2.23. The van der Waals surface area contributed by atoms with Gasteiger partial charge in [0.15, 0.2) is 0 Å². The number of hydrogen-bond donors (Lipinski definition) is 2.